The second kappa shape index (κ2) is 9.04. The number of amides is 2. The van der Waals surface area contributed by atoms with Gasteiger partial charge < -0.3 is 9.47 Å². The van der Waals surface area contributed by atoms with Crippen molar-refractivity contribution >= 4 is 50.1 Å². The average molecular weight is 521 g/mol. The van der Waals surface area contributed by atoms with Crippen LogP contribution in [0.2, 0.25) is 0 Å². The monoisotopic (exact) mass is 520 g/mol. The predicted octanol–water partition coefficient (Wildman–Crippen LogP) is 4.27. The Morgan fingerprint density at radius 2 is 1.59 bits per heavy atom. The van der Waals surface area contributed by atoms with Gasteiger partial charge in [0.2, 0.25) is 5.91 Å². The Kier molecular flexibility index (Phi) is 5.47. The molecule has 0 aliphatic carbocycles. The summed E-state index contributed by atoms with van der Waals surface area (Å²) in [5.41, 5.74) is 1.66. The molecule has 0 aromatic heterocycles. The summed E-state index contributed by atoms with van der Waals surface area (Å²) in [6, 6.07) is 25.5. The molecule has 2 aliphatic rings. The fourth-order valence-corrected chi connectivity index (χ4v) is 6.03. The zero-order chi connectivity index (χ0) is 26.7. The first kappa shape index (κ1) is 23.6. The third-order valence-corrected chi connectivity index (χ3v) is 7.79. The fourth-order valence-electron chi connectivity index (χ4n) is 6.03. The summed E-state index contributed by atoms with van der Waals surface area (Å²) in [5.74, 6) is -1.50. The standard InChI is InChI=1S/C31H24N2O6/c1-37-24(34)16-38-23-8-3-2-5-20(23)15-33-28(27-29(39-33)31(36)32-30(27)35)22-14-12-19-10-9-17-6-4-7-18-11-13-21(22)26(19)25(17)18/h2-14,27-29H,15-16H2,1H3,(H,32,35,36)/t27-,28-,29+/m1/s1. The summed E-state index contributed by atoms with van der Waals surface area (Å²) in [6.45, 7) is -0.00345. The van der Waals surface area contributed by atoms with E-state index in [-0.39, 0.29) is 19.1 Å². The molecular weight excluding hydrogens is 496 g/mol. The van der Waals surface area contributed by atoms with Crippen LogP contribution in [0.5, 0.6) is 5.75 Å². The minimum absolute atomic E-state index is 0.234. The number of nitrogens with zero attached hydrogens (tertiary/aromatic N) is 1. The molecule has 0 radical (unpaired) electrons. The van der Waals surface area contributed by atoms with Crippen molar-refractivity contribution < 1.29 is 28.7 Å². The maximum Gasteiger partial charge on any atom is 0.343 e. The Labute approximate surface area is 223 Å². The fraction of sp³-hybridized carbons (Fsp3) is 0.194. The van der Waals surface area contributed by atoms with Crippen LogP contribution in [0.25, 0.3) is 32.3 Å². The van der Waals surface area contributed by atoms with E-state index in [0.29, 0.717) is 5.75 Å². The van der Waals surface area contributed by atoms with E-state index in [9.17, 15) is 14.4 Å². The highest BCUT2D eigenvalue weighted by molar-refractivity contribution is 6.23. The van der Waals surface area contributed by atoms with E-state index in [1.165, 1.54) is 12.5 Å². The number of methoxy groups -OCH3 is 1. The lowest BCUT2D eigenvalue weighted by Gasteiger charge is -2.27. The van der Waals surface area contributed by atoms with Gasteiger partial charge in [-0.15, -0.1) is 0 Å². The number of carbonyl (C=O) groups excluding carboxylic acids is 3. The number of carbonyl (C=O) groups is 3. The summed E-state index contributed by atoms with van der Waals surface area (Å²) >= 11 is 0. The van der Waals surface area contributed by atoms with Crippen molar-refractivity contribution in [2.24, 2.45) is 5.92 Å². The molecule has 5 aromatic carbocycles. The molecule has 3 atom stereocenters. The smallest absolute Gasteiger partial charge is 0.343 e. The van der Waals surface area contributed by atoms with Crippen LogP contribution in [-0.4, -0.2) is 42.7 Å². The number of para-hydroxylation sites is 1. The molecule has 0 spiro atoms. The van der Waals surface area contributed by atoms with E-state index >= 15 is 0 Å². The molecule has 2 saturated heterocycles. The Hall–Kier alpha value is -4.53. The first-order valence-corrected chi connectivity index (χ1v) is 12.8. The van der Waals surface area contributed by atoms with E-state index in [1.54, 1.807) is 11.1 Å². The highest BCUT2D eigenvalue weighted by Crippen LogP contribution is 2.47. The van der Waals surface area contributed by atoms with Crippen molar-refractivity contribution in [2.45, 2.75) is 18.7 Å². The molecule has 0 saturated carbocycles. The summed E-state index contributed by atoms with van der Waals surface area (Å²) < 4.78 is 10.4. The van der Waals surface area contributed by atoms with Gasteiger partial charge in [0.05, 0.1) is 25.6 Å². The van der Waals surface area contributed by atoms with Gasteiger partial charge in [-0.3, -0.25) is 19.7 Å². The number of rotatable bonds is 6. The normalized spacial score (nSPS) is 21.1. The average Bonchev–Trinajstić information content (AvgIpc) is 3.47. The van der Waals surface area contributed by atoms with Crippen molar-refractivity contribution in [2.75, 3.05) is 13.7 Å². The van der Waals surface area contributed by atoms with Gasteiger partial charge in [0, 0.05) is 5.56 Å². The van der Waals surface area contributed by atoms with Crippen LogP contribution >= 0.6 is 0 Å². The number of hydrogen-bond donors (Lipinski definition) is 1. The van der Waals surface area contributed by atoms with E-state index in [0.717, 1.165) is 38.1 Å². The van der Waals surface area contributed by atoms with Crippen LogP contribution in [0.15, 0.2) is 78.9 Å². The molecule has 39 heavy (non-hydrogen) atoms. The SMILES string of the molecule is COC(=O)COc1ccccc1CN1O[C@@H]2C(=O)NC(=O)[C@@H]2[C@H]1c1ccc2ccc3cccc4ccc1c2c34. The van der Waals surface area contributed by atoms with E-state index < -0.39 is 29.9 Å². The Morgan fingerprint density at radius 3 is 2.38 bits per heavy atom. The van der Waals surface area contributed by atoms with Gasteiger partial charge in [-0.2, -0.15) is 5.06 Å². The topological polar surface area (TPSA) is 94.2 Å². The first-order valence-electron chi connectivity index (χ1n) is 12.8. The highest BCUT2D eigenvalue weighted by Gasteiger charge is 2.56. The largest absolute Gasteiger partial charge is 0.482 e. The van der Waals surface area contributed by atoms with Crippen LogP contribution in [-0.2, 0) is 30.5 Å². The summed E-state index contributed by atoms with van der Waals surface area (Å²) in [4.78, 5) is 43.6. The minimum atomic E-state index is -0.927. The molecule has 2 aliphatic heterocycles. The number of imide groups is 1. The van der Waals surface area contributed by atoms with E-state index in [1.807, 2.05) is 30.3 Å². The van der Waals surface area contributed by atoms with Crippen LogP contribution in [0.1, 0.15) is 17.2 Å². The number of hydrogen-bond acceptors (Lipinski definition) is 7. The zero-order valence-corrected chi connectivity index (χ0v) is 21.0. The predicted molar refractivity (Wildman–Crippen MR) is 144 cm³/mol. The maximum atomic E-state index is 13.1. The van der Waals surface area contributed by atoms with Gasteiger partial charge >= 0.3 is 5.97 Å². The number of fused-ring (bicyclic) bond motifs is 1. The van der Waals surface area contributed by atoms with Crippen molar-refractivity contribution in [3.05, 3.63) is 90.0 Å². The molecule has 7 rings (SSSR count). The van der Waals surface area contributed by atoms with Gasteiger partial charge in [0.1, 0.15) is 5.75 Å². The Morgan fingerprint density at radius 1 is 0.872 bits per heavy atom. The van der Waals surface area contributed by atoms with Gasteiger partial charge in [0.25, 0.3) is 5.91 Å². The lowest BCUT2D eigenvalue weighted by Crippen LogP contribution is -2.33. The summed E-state index contributed by atoms with van der Waals surface area (Å²) in [7, 11) is 1.30. The van der Waals surface area contributed by atoms with Crippen molar-refractivity contribution in [1.82, 2.24) is 10.4 Å². The van der Waals surface area contributed by atoms with Gasteiger partial charge in [-0.25, -0.2) is 4.79 Å². The molecule has 8 nitrogen and oxygen atoms in total. The second-order valence-electron chi connectivity index (χ2n) is 9.91. The maximum absolute atomic E-state index is 13.1. The molecule has 0 unspecified atom stereocenters. The molecule has 2 fully saturated rings. The summed E-state index contributed by atoms with van der Waals surface area (Å²) in [6.07, 6.45) is -0.927. The number of hydroxylamine groups is 2. The minimum Gasteiger partial charge on any atom is -0.482 e. The first-order chi connectivity index (χ1) is 19.0. The third-order valence-electron chi connectivity index (χ3n) is 7.79. The lowest BCUT2D eigenvalue weighted by molar-refractivity contribution is -0.178. The van der Waals surface area contributed by atoms with Crippen LogP contribution in [0, 0.1) is 5.92 Å². The number of benzene rings is 5. The lowest BCUT2D eigenvalue weighted by atomic mass is 9.85. The highest BCUT2D eigenvalue weighted by atomic mass is 16.7. The molecule has 0 bridgehead atoms. The number of ether oxygens (including phenoxy) is 2. The van der Waals surface area contributed by atoms with Crippen LogP contribution < -0.4 is 10.1 Å². The molecular formula is C31H24N2O6. The number of nitrogens with one attached hydrogen (secondary N) is 1. The Balaban J connectivity index is 1.35. The van der Waals surface area contributed by atoms with Crippen molar-refractivity contribution in [1.29, 1.82) is 0 Å². The third kappa shape index (κ3) is 3.71. The number of esters is 1. The summed E-state index contributed by atoms with van der Waals surface area (Å²) in [5, 5.41) is 10.9. The van der Waals surface area contributed by atoms with Crippen molar-refractivity contribution in [3.63, 3.8) is 0 Å². The second-order valence-corrected chi connectivity index (χ2v) is 9.91. The zero-order valence-electron chi connectivity index (χ0n) is 21.0. The molecule has 1 N–H and O–H groups in total. The molecule has 8 heteroatoms. The van der Waals surface area contributed by atoms with Crippen molar-refractivity contribution in [3.8, 4) is 5.75 Å². The van der Waals surface area contributed by atoms with Crippen LogP contribution in [0.4, 0.5) is 0 Å². The molecule has 194 valence electrons. The van der Waals surface area contributed by atoms with Crippen LogP contribution in [0.3, 0.4) is 0 Å². The molecule has 2 amide bonds. The van der Waals surface area contributed by atoms with Gasteiger partial charge in [-0.05, 0) is 43.9 Å². The molecule has 5 aromatic rings. The van der Waals surface area contributed by atoms with E-state index in [2.05, 4.69) is 47.8 Å². The van der Waals surface area contributed by atoms with Gasteiger partial charge in [-0.1, -0.05) is 72.8 Å². The quantitative estimate of drug-likeness (QED) is 0.203. The Bertz CT molecular complexity index is 1770. The van der Waals surface area contributed by atoms with Gasteiger partial charge in [0.15, 0.2) is 12.7 Å². The molecule has 2 heterocycles. The van der Waals surface area contributed by atoms with E-state index in [4.69, 9.17) is 14.3 Å².